The van der Waals surface area contributed by atoms with Crippen molar-refractivity contribution in [2.24, 2.45) is 5.41 Å². The Bertz CT molecular complexity index is 2790. The molecule has 4 amide bonds. The van der Waals surface area contributed by atoms with Crippen molar-refractivity contribution in [1.82, 2.24) is 25.4 Å². The number of thiazole rings is 1. The largest absolute Gasteiger partial charge is 0.494 e. The minimum absolute atomic E-state index is 0.00217. The lowest BCUT2D eigenvalue weighted by Gasteiger charge is -2.35. The average Bonchev–Trinajstić information content (AvgIpc) is 4.02. The van der Waals surface area contributed by atoms with Crippen LogP contribution in [0.15, 0.2) is 139 Å². The molecule has 5 aromatic carbocycles. The molecule has 3 atom stereocenters. The van der Waals surface area contributed by atoms with Crippen LogP contribution in [0, 0.1) is 12.3 Å². The molecule has 6 aromatic rings. The van der Waals surface area contributed by atoms with E-state index in [1.165, 1.54) is 26.5 Å². The lowest BCUT2D eigenvalue weighted by atomic mass is 9.85. The standard InChI is InChI=1S/C59H67N5O8S/c1-7-50(42-16-10-8-11-17-42)53(43-18-12-9-13-19-43)44-25-27-47(28-26-44)71-35-33-63(6)58(69)72-49-31-29-48(30-32-49)70-34-15-14-20-52(66)62-55(59(3,4)5)57(68)64-38-46(65)36-51(64)56(67)60-37-41-21-23-45(24-22-41)54-40(2)61-39-73-54/h8-13,16-19,21-32,39,46,51,55,65H,7,14-15,20,33-38H2,1-6H3,(H,60,67)(H,62,66)/b53-50-/t46-,51+,55-/m1/s1. The Morgan fingerprint density at radius 1 is 0.795 bits per heavy atom. The van der Waals surface area contributed by atoms with E-state index in [2.05, 4.69) is 83.2 Å². The van der Waals surface area contributed by atoms with Crippen LogP contribution in [0.1, 0.15) is 87.7 Å². The molecular formula is C59H67N5O8S. The summed E-state index contributed by atoms with van der Waals surface area (Å²) in [5.41, 5.74) is 9.93. The molecule has 1 aliphatic heterocycles. The maximum absolute atomic E-state index is 14.0. The highest BCUT2D eigenvalue weighted by molar-refractivity contribution is 7.13. The number of hydrogen-bond acceptors (Lipinski definition) is 10. The zero-order valence-corrected chi connectivity index (χ0v) is 43.5. The fourth-order valence-corrected chi connectivity index (χ4v) is 9.58. The molecular weight excluding hydrogens is 939 g/mol. The topological polar surface area (TPSA) is 160 Å². The van der Waals surface area contributed by atoms with E-state index in [0.717, 1.165) is 39.2 Å². The van der Waals surface area contributed by atoms with E-state index < -0.39 is 35.6 Å². The van der Waals surface area contributed by atoms with Gasteiger partial charge in [-0.2, -0.15) is 0 Å². The van der Waals surface area contributed by atoms with Crippen LogP contribution < -0.4 is 24.8 Å². The third-order valence-electron chi connectivity index (χ3n) is 12.8. The van der Waals surface area contributed by atoms with Gasteiger partial charge in [-0.15, -0.1) is 11.3 Å². The van der Waals surface area contributed by atoms with Gasteiger partial charge in [0.25, 0.3) is 0 Å². The molecule has 0 saturated carbocycles. The van der Waals surface area contributed by atoms with Crippen molar-refractivity contribution in [2.45, 2.75) is 91.5 Å². The highest BCUT2D eigenvalue weighted by atomic mass is 32.1. The Morgan fingerprint density at radius 3 is 2.01 bits per heavy atom. The second kappa shape index (κ2) is 25.4. The second-order valence-electron chi connectivity index (χ2n) is 19.3. The number of allylic oxidation sites excluding steroid dienone is 1. The van der Waals surface area contributed by atoms with Gasteiger partial charge in [0, 0.05) is 33.0 Å². The lowest BCUT2D eigenvalue weighted by molar-refractivity contribution is -0.144. The van der Waals surface area contributed by atoms with Gasteiger partial charge in [-0.1, -0.05) is 125 Å². The Hall–Kier alpha value is -7.29. The molecule has 0 radical (unpaired) electrons. The summed E-state index contributed by atoms with van der Waals surface area (Å²) in [7, 11) is 1.66. The summed E-state index contributed by atoms with van der Waals surface area (Å²) in [4.78, 5) is 62.0. The second-order valence-corrected chi connectivity index (χ2v) is 20.2. The maximum atomic E-state index is 14.0. The zero-order valence-electron chi connectivity index (χ0n) is 42.6. The summed E-state index contributed by atoms with van der Waals surface area (Å²) in [6.07, 6.45) is 0.839. The van der Waals surface area contributed by atoms with Gasteiger partial charge in [0.15, 0.2) is 0 Å². The Labute approximate surface area is 433 Å². The number of likely N-dealkylation sites (N-methyl/N-ethyl adjacent to an activating group) is 1. The van der Waals surface area contributed by atoms with Gasteiger partial charge in [-0.3, -0.25) is 14.4 Å². The minimum atomic E-state index is -0.916. The number of unbranched alkanes of at least 4 members (excludes halogenated alkanes) is 1. The number of amides is 4. The molecule has 13 nitrogen and oxygen atoms in total. The van der Waals surface area contributed by atoms with E-state index in [9.17, 15) is 24.3 Å². The van der Waals surface area contributed by atoms with Crippen molar-refractivity contribution in [1.29, 1.82) is 0 Å². The molecule has 73 heavy (non-hydrogen) atoms. The number of aliphatic hydroxyl groups excluding tert-OH is 1. The molecule has 3 N–H and O–H groups in total. The summed E-state index contributed by atoms with van der Waals surface area (Å²) in [5, 5.41) is 16.5. The van der Waals surface area contributed by atoms with Crippen LogP contribution in [-0.2, 0) is 20.9 Å². The minimum Gasteiger partial charge on any atom is -0.494 e. The number of carbonyl (C=O) groups excluding carboxylic acids is 4. The fourth-order valence-electron chi connectivity index (χ4n) is 8.77. The van der Waals surface area contributed by atoms with Crippen LogP contribution in [0.3, 0.4) is 0 Å². The normalized spacial score (nSPS) is 15.2. The quantitative estimate of drug-likeness (QED) is 0.0471. The molecule has 1 fully saturated rings. The van der Waals surface area contributed by atoms with E-state index in [0.29, 0.717) is 43.2 Å². The lowest BCUT2D eigenvalue weighted by Crippen LogP contribution is -2.57. The molecule has 0 unspecified atom stereocenters. The van der Waals surface area contributed by atoms with Crippen LogP contribution in [0.25, 0.3) is 21.6 Å². The van der Waals surface area contributed by atoms with E-state index >= 15 is 0 Å². The highest BCUT2D eigenvalue weighted by Crippen LogP contribution is 2.35. The summed E-state index contributed by atoms with van der Waals surface area (Å²) in [5.74, 6) is 0.585. The van der Waals surface area contributed by atoms with Crippen LogP contribution in [0.4, 0.5) is 4.79 Å². The summed E-state index contributed by atoms with van der Waals surface area (Å²) in [6.45, 7) is 10.9. The first-order valence-electron chi connectivity index (χ1n) is 25.0. The Morgan fingerprint density at radius 2 is 1.40 bits per heavy atom. The van der Waals surface area contributed by atoms with Gasteiger partial charge in [0.05, 0.1) is 35.3 Å². The molecule has 0 aliphatic carbocycles. The van der Waals surface area contributed by atoms with Crippen molar-refractivity contribution in [3.63, 3.8) is 0 Å². The zero-order chi connectivity index (χ0) is 51.9. The predicted molar refractivity (Wildman–Crippen MR) is 287 cm³/mol. The smallest absolute Gasteiger partial charge is 0.415 e. The van der Waals surface area contributed by atoms with Crippen LogP contribution in [-0.4, -0.2) is 95.2 Å². The van der Waals surface area contributed by atoms with Crippen molar-refractivity contribution in [3.8, 4) is 27.7 Å². The summed E-state index contributed by atoms with van der Waals surface area (Å²) < 4.78 is 17.5. The number of rotatable bonds is 21. The number of hydrogen-bond donors (Lipinski definition) is 3. The van der Waals surface area contributed by atoms with E-state index in [1.807, 2.05) is 81.7 Å². The number of likely N-dealkylation sites (tertiary alicyclic amines) is 1. The van der Waals surface area contributed by atoms with E-state index in [-0.39, 0.29) is 44.4 Å². The Kier molecular flexibility index (Phi) is 18.6. The van der Waals surface area contributed by atoms with Crippen LogP contribution in [0.2, 0.25) is 0 Å². The number of nitrogens with zero attached hydrogens (tertiary/aromatic N) is 3. The number of aliphatic hydroxyl groups is 1. The van der Waals surface area contributed by atoms with Crippen molar-refractivity contribution in [3.05, 3.63) is 167 Å². The first-order chi connectivity index (χ1) is 35.2. The molecule has 1 saturated heterocycles. The number of carbonyl (C=O) groups is 4. The van der Waals surface area contributed by atoms with Crippen LogP contribution >= 0.6 is 11.3 Å². The highest BCUT2D eigenvalue weighted by Gasteiger charge is 2.44. The molecule has 1 aliphatic rings. The van der Waals surface area contributed by atoms with Gasteiger partial charge in [-0.25, -0.2) is 9.78 Å². The molecule has 382 valence electrons. The monoisotopic (exact) mass is 1010 g/mol. The van der Waals surface area contributed by atoms with Gasteiger partial charge in [0.2, 0.25) is 17.7 Å². The third-order valence-corrected chi connectivity index (χ3v) is 13.8. The predicted octanol–water partition coefficient (Wildman–Crippen LogP) is 10.4. The first-order valence-corrected chi connectivity index (χ1v) is 25.8. The number of β-amino-alcohol motifs (C(OH)–C–C–N with tert-alkyl or cyclic N) is 1. The van der Waals surface area contributed by atoms with Gasteiger partial charge >= 0.3 is 6.09 Å². The summed E-state index contributed by atoms with van der Waals surface area (Å²) in [6, 6.07) is 41.8. The van der Waals surface area contributed by atoms with Crippen molar-refractivity contribution >= 4 is 46.3 Å². The average molecular weight is 1010 g/mol. The third kappa shape index (κ3) is 14.7. The van der Waals surface area contributed by atoms with Crippen LogP contribution in [0.5, 0.6) is 17.2 Å². The number of benzene rings is 5. The fraction of sp³-hybridized carbons (Fsp3) is 0.339. The number of ether oxygens (including phenoxy) is 3. The number of aromatic nitrogens is 1. The van der Waals surface area contributed by atoms with E-state index in [1.54, 1.807) is 42.6 Å². The maximum Gasteiger partial charge on any atom is 0.415 e. The van der Waals surface area contributed by atoms with Gasteiger partial charge in [-0.05, 0) is 107 Å². The SMILES string of the molecule is CC/C(=C(\c1ccccc1)c1ccc(OCCN(C)C(=O)Oc2ccc(OCCCCC(=O)N[C@H](C(=O)N3C[C@H](O)C[C@H]3C(=O)NCc3ccc(-c4scnc4C)cc3)C(C)(C)C)cc2)cc1)c1ccccc1. The molecule has 1 aromatic heterocycles. The van der Waals surface area contributed by atoms with Crippen molar-refractivity contribution < 1.29 is 38.5 Å². The molecule has 7 rings (SSSR count). The summed E-state index contributed by atoms with van der Waals surface area (Å²) >= 11 is 1.57. The molecule has 14 heteroatoms. The Balaban J connectivity index is 0.811. The van der Waals surface area contributed by atoms with E-state index in [4.69, 9.17) is 14.2 Å². The number of nitrogens with one attached hydrogen (secondary N) is 2. The first kappa shape index (κ1) is 53.5. The van der Waals surface area contributed by atoms with Gasteiger partial charge in [0.1, 0.15) is 35.9 Å². The van der Waals surface area contributed by atoms with Crippen molar-refractivity contribution in [2.75, 3.05) is 33.4 Å². The molecule has 2 heterocycles. The number of aryl methyl sites for hydroxylation is 1. The molecule has 0 spiro atoms. The molecule has 0 bridgehead atoms. The van der Waals surface area contributed by atoms with Gasteiger partial charge < -0.3 is 39.8 Å².